The summed E-state index contributed by atoms with van der Waals surface area (Å²) in [7, 11) is 1.92. The number of aryl methyl sites for hydroxylation is 1. The number of nitrogens with one attached hydrogen (secondary N) is 1. The SMILES string of the molecule is Cn1cc([C@H]2CCCN(C(=O)Nc3cccs3)C2)cn1. The van der Waals surface area contributed by atoms with Gasteiger partial charge in [0, 0.05) is 32.3 Å². The van der Waals surface area contributed by atoms with Crippen LogP contribution in [0.3, 0.4) is 0 Å². The monoisotopic (exact) mass is 290 g/mol. The zero-order valence-corrected chi connectivity index (χ0v) is 12.3. The van der Waals surface area contributed by atoms with Gasteiger partial charge >= 0.3 is 6.03 Å². The molecular weight excluding hydrogens is 272 g/mol. The minimum atomic E-state index is 0.000963. The molecule has 106 valence electrons. The lowest BCUT2D eigenvalue weighted by atomic mass is 9.93. The number of carbonyl (C=O) groups is 1. The van der Waals surface area contributed by atoms with E-state index in [2.05, 4.69) is 10.4 Å². The lowest BCUT2D eigenvalue weighted by Crippen LogP contribution is -2.41. The molecule has 0 saturated carbocycles. The fourth-order valence-corrected chi connectivity index (χ4v) is 3.23. The van der Waals surface area contributed by atoms with Gasteiger partial charge in [0.05, 0.1) is 11.2 Å². The predicted octanol–water partition coefficient (Wildman–Crippen LogP) is 2.89. The number of amides is 2. The van der Waals surface area contributed by atoms with Gasteiger partial charge in [-0.25, -0.2) is 4.79 Å². The van der Waals surface area contributed by atoms with E-state index >= 15 is 0 Å². The Morgan fingerprint density at radius 1 is 1.55 bits per heavy atom. The minimum absolute atomic E-state index is 0.000963. The van der Waals surface area contributed by atoms with E-state index in [1.54, 1.807) is 11.3 Å². The second kappa shape index (κ2) is 5.66. The molecule has 2 amide bonds. The Labute approximate surface area is 122 Å². The van der Waals surface area contributed by atoms with Crippen LogP contribution in [0, 0.1) is 0 Å². The van der Waals surface area contributed by atoms with Crippen molar-refractivity contribution in [3.63, 3.8) is 0 Å². The number of nitrogens with zero attached hydrogens (tertiary/aromatic N) is 3. The Morgan fingerprint density at radius 2 is 2.45 bits per heavy atom. The van der Waals surface area contributed by atoms with E-state index in [1.807, 2.05) is 46.5 Å². The number of urea groups is 1. The van der Waals surface area contributed by atoms with Crippen molar-refractivity contribution in [3.05, 3.63) is 35.5 Å². The van der Waals surface area contributed by atoms with Gasteiger partial charge in [-0.3, -0.25) is 10.00 Å². The van der Waals surface area contributed by atoms with Crippen LogP contribution in [0.1, 0.15) is 24.3 Å². The van der Waals surface area contributed by atoms with E-state index in [9.17, 15) is 4.79 Å². The average molecular weight is 290 g/mol. The average Bonchev–Trinajstić information content (AvgIpc) is 3.10. The third kappa shape index (κ3) is 2.85. The van der Waals surface area contributed by atoms with E-state index in [-0.39, 0.29) is 6.03 Å². The summed E-state index contributed by atoms with van der Waals surface area (Å²) < 4.78 is 1.82. The first-order valence-corrected chi connectivity index (χ1v) is 7.68. The number of piperidine rings is 1. The number of aromatic nitrogens is 2. The van der Waals surface area contributed by atoms with Crippen LogP contribution in [0.25, 0.3) is 0 Å². The zero-order chi connectivity index (χ0) is 13.9. The van der Waals surface area contributed by atoms with Crippen molar-refractivity contribution in [1.29, 1.82) is 0 Å². The van der Waals surface area contributed by atoms with Gasteiger partial charge in [0.2, 0.25) is 0 Å². The third-order valence-electron chi connectivity index (χ3n) is 3.66. The molecule has 0 aromatic carbocycles. The third-order valence-corrected chi connectivity index (χ3v) is 4.44. The van der Waals surface area contributed by atoms with Crippen LogP contribution >= 0.6 is 11.3 Å². The first-order valence-electron chi connectivity index (χ1n) is 6.80. The molecule has 6 heteroatoms. The molecule has 20 heavy (non-hydrogen) atoms. The van der Waals surface area contributed by atoms with Crippen LogP contribution < -0.4 is 5.32 Å². The summed E-state index contributed by atoms with van der Waals surface area (Å²) in [6, 6.07) is 3.86. The Hall–Kier alpha value is -1.82. The van der Waals surface area contributed by atoms with Gasteiger partial charge in [0.25, 0.3) is 0 Å². The summed E-state index contributed by atoms with van der Waals surface area (Å²) in [6.45, 7) is 1.59. The van der Waals surface area contributed by atoms with E-state index in [0.717, 1.165) is 30.9 Å². The zero-order valence-electron chi connectivity index (χ0n) is 11.5. The summed E-state index contributed by atoms with van der Waals surface area (Å²) in [5.74, 6) is 0.395. The van der Waals surface area contributed by atoms with E-state index in [0.29, 0.717) is 5.92 Å². The van der Waals surface area contributed by atoms with Crippen molar-refractivity contribution in [2.45, 2.75) is 18.8 Å². The number of likely N-dealkylation sites (tertiary alicyclic amines) is 1. The van der Waals surface area contributed by atoms with Crippen molar-refractivity contribution < 1.29 is 4.79 Å². The summed E-state index contributed by atoms with van der Waals surface area (Å²) in [6.07, 6.45) is 6.11. The fraction of sp³-hybridized carbons (Fsp3) is 0.429. The number of hydrogen-bond donors (Lipinski definition) is 1. The molecule has 0 unspecified atom stereocenters. The first-order chi connectivity index (χ1) is 9.72. The maximum absolute atomic E-state index is 12.2. The van der Waals surface area contributed by atoms with Gasteiger partial charge in [-0.1, -0.05) is 0 Å². The molecule has 0 aliphatic carbocycles. The van der Waals surface area contributed by atoms with Crippen LogP contribution in [0.2, 0.25) is 0 Å². The van der Waals surface area contributed by atoms with Crippen molar-refractivity contribution >= 4 is 22.4 Å². The van der Waals surface area contributed by atoms with Gasteiger partial charge in [-0.05, 0) is 35.9 Å². The van der Waals surface area contributed by atoms with Crippen LogP contribution in [0.4, 0.5) is 9.80 Å². The standard InChI is InChI=1S/C14H18N4OS/c1-17-9-12(8-15-17)11-4-2-6-18(10-11)14(19)16-13-5-3-7-20-13/h3,5,7-9,11H,2,4,6,10H2,1H3,(H,16,19)/t11-/m0/s1. The van der Waals surface area contributed by atoms with Crippen molar-refractivity contribution in [2.24, 2.45) is 7.05 Å². The molecule has 1 fully saturated rings. The van der Waals surface area contributed by atoms with Crippen molar-refractivity contribution in [3.8, 4) is 0 Å². The highest BCUT2D eigenvalue weighted by Gasteiger charge is 2.25. The molecule has 1 aliphatic heterocycles. The van der Waals surface area contributed by atoms with Crippen LogP contribution in [0.15, 0.2) is 29.9 Å². The molecule has 1 N–H and O–H groups in total. The molecule has 1 saturated heterocycles. The number of hydrogen-bond acceptors (Lipinski definition) is 3. The molecular formula is C14H18N4OS. The molecule has 2 aromatic heterocycles. The molecule has 0 spiro atoms. The predicted molar refractivity (Wildman–Crippen MR) is 80.1 cm³/mol. The van der Waals surface area contributed by atoms with Gasteiger partial charge in [0.15, 0.2) is 0 Å². The molecule has 0 bridgehead atoms. The van der Waals surface area contributed by atoms with Crippen LogP contribution in [0.5, 0.6) is 0 Å². The normalized spacial score (nSPS) is 19.1. The van der Waals surface area contributed by atoms with Crippen LogP contribution in [-0.4, -0.2) is 33.8 Å². The van der Waals surface area contributed by atoms with Gasteiger partial charge < -0.3 is 4.90 Å². The van der Waals surface area contributed by atoms with E-state index < -0.39 is 0 Å². The summed E-state index contributed by atoms with van der Waals surface area (Å²) in [4.78, 5) is 14.2. The first kappa shape index (κ1) is 13.2. The number of thiophene rings is 1. The van der Waals surface area contributed by atoms with Crippen molar-refractivity contribution in [2.75, 3.05) is 18.4 Å². The van der Waals surface area contributed by atoms with Crippen molar-refractivity contribution in [1.82, 2.24) is 14.7 Å². The number of rotatable bonds is 2. The summed E-state index contributed by atoms with van der Waals surface area (Å²) in [5.41, 5.74) is 1.22. The second-order valence-electron chi connectivity index (χ2n) is 5.14. The smallest absolute Gasteiger partial charge is 0.322 e. The Bertz CT molecular complexity index is 578. The molecule has 0 radical (unpaired) electrons. The van der Waals surface area contributed by atoms with Crippen LogP contribution in [-0.2, 0) is 7.05 Å². The number of carbonyl (C=O) groups excluding carboxylic acids is 1. The minimum Gasteiger partial charge on any atom is -0.324 e. The maximum Gasteiger partial charge on any atom is 0.322 e. The number of anilines is 1. The maximum atomic E-state index is 12.2. The van der Waals surface area contributed by atoms with Gasteiger partial charge in [-0.15, -0.1) is 11.3 Å². The topological polar surface area (TPSA) is 50.2 Å². The van der Waals surface area contributed by atoms with Gasteiger partial charge in [0.1, 0.15) is 0 Å². The Kier molecular flexibility index (Phi) is 3.73. The largest absolute Gasteiger partial charge is 0.324 e. The molecule has 1 atom stereocenters. The highest BCUT2D eigenvalue weighted by atomic mass is 32.1. The Balaban J connectivity index is 1.64. The second-order valence-corrected chi connectivity index (χ2v) is 6.09. The molecule has 3 rings (SSSR count). The molecule has 3 heterocycles. The van der Waals surface area contributed by atoms with E-state index in [4.69, 9.17) is 0 Å². The summed E-state index contributed by atoms with van der Waals surface area (Å²) >= 11 is 1.54. The summed E-state index contributed by atoms with van der Waals surface area (Å²) in [5, 5.41) is 10.0. The van der Waals surface area contributed by atoms with Gasteiger partial charge in [-0.2, -0.15) is 5.10 Å². The molecule has 5 nitrogen and oxygen atoms in total. The highest BCUT2D eigenvalue weighted by Crippen LogP contribution is 2.27. The molecule has 1 aliphatic rings. The fourth-order valence-electron chi connectivity index (χ4n) is 2.62. The lowest BCUT2D eigenvalue weighted by Gasteiger charge is -2.32. The van der Waals surface area contributed by atoms with E-state index in [1.165, 1.54) is 5.56 Å². The quantitative estimate of drug-likeness (QED) is 0.924. The lowest BCUT2D eigenvalue weighted by molar-refractivity contribution is 0.193. The molecule has 2 aromatic rings. The Morgan fingerprint density at radius 3 is 3.15 bits per heavy atom. The highest BCUT2D eigenvalue weighted by molar-refractivity contribution is 7.14.